The number of rotatable bonds is 4. The van der Waals surface area contributed by atoms with Crippen molar-refractivity contribution in [3.63, 3.8) is 0 Å². The summed E-state index contributed by atoms with van der Waals surface area (Å²) in [6.45, 7) is 3.45. The van der Waals surface area contributed by atoms with E-state index in [-0.39, 0.29) is 12.2 Å². The number of aromatic nitrogens is 2. The molecule has 0 spiro atoms. The lowest BCUT2D eigenvalue weighted by atomic mass is 10.1. The number of nitrogens with zero attached hydrogens (tertiary/aromatic N) is 3. The van der Waals surface area contributed by atoms with Crippen molar-refractivity contribution in [3.8, 4) is 5.75 Å². The highest BCUT2D eigenvalue weighted by atomic mass is 16.6. The number of ether oxygens (including phenoxy) is 1. The normalized spacial score (nSPS) is 11.0. The molecule has 0 N–H and O–H groups in total. The zero-order valence-corrected chi connectivity index (χ0v) is 13.4. The van der Waals surface area contributed by atoms with Crippen molar-refractivity contribution in [2.45, 2.75) is 20.4 Å². The van der Waals surface area contributed by atoms with Crippen LogP contribution < -0.4 is 10.4 Å². The molecule has 124 valence electrons. The van der Waals surface area contributed by atoms with Crippen molar-refractivity contribution >= 4 is 16.7 Å². The Morgan fingerprint density at radius 3 is 2.71 bits per heavy atom. The molecule has 0 atom stereocenters. The van der Waals surface area contributed by atoms with Crippen LogP contribution in [0.2, 0.25) is 0 Å². The summed E-state index contributed by atoms with van der Waals surface area (Å²) in [7, 11) is 1.53. The van der Waals surface area contributed by atoms with E-state index in [0.29, 0.717) is 28.3 Å². The largest absolute Gasteiger partial charge is 0.497 e. The van der Waals surface area contributed by atoms with Crippen LogP contribution in [0, 0.1) is 24.0 Å². The number of methoxy groups -OCH3 is 1. The van der Waals surface area contributed by atoms with Gasteiger partial charge in [0.1, 0.15) is 22.7 Å². The van der Waals surface area contributed by atoms with Gasteiger partial charge in [0.05, 0.1) is 18.6 Å². The molecule has 2 heterocycles. The predicted octanol–water partition coefficient (Wildman–Crippen LogP) is 2.57. The summed E-state index contributed by atoms with van der Waals surface area (Å²) in [6.07, 6.45) is 0. The summed E-state index contributed by atoms with van der Waals surface area (Å²) in [4.78, 5) is 22.5. The average Bonchev–Trinajstić information content (AvgIpc) is 2.80. The van der Waals surface area contributed by atoms with Crippen LogP contribution in [-0.2, 0) is 6.54 Å². The van der Waals surface area contributed by atoms with E-state index in [2.05, 4.69) is 5.10 Å². The molecule has 0 fully saturated rings. The van der Waals surface area contributed by atoms with E-state index in [1.807, 2.05) is 0 Å². The van der Waals surface area contributed by atoms with Gasteiger partial charge in [-0.15, -0.1) is 0 Å². The Balaban J connectivity index is 2.12. The lowest BCUT2D eigenvalue weighted by Crippen LogP contribution is -2.08. The SMILES string of the molecule is COc1ccc2c(Cn3nc(C)c([N+](=O)[O-])c3C)cc(=O)oc2c1. The lowest BCUT2D eigenvalue weighted by molar-refractivity contribution is -0.386. The van der Waals surface area contributed by atoms with Crippen molar-refractivity contribution in [2.75, 3.05) is 7.11 Å². The van der Waals surface area contributed by atoms with E-state index < -0.39 is 10.5 Å². The molecule has 3 aromatic rings. The fourth-order valence-corrected chi connectivity index (χ4v) is 2.74. The lowest BCUT2D eigenvalue weighted by Gasteiger charge is -2.08. The predicted molar refractivity (Wildman–Crippen MR) is 86.5 cm³/mol. The zero-order chi connectivity index (χ0) is 17.4. The molecule has 2 aromatic heterocycles. The van der Waals surface area contributed by atoms with Gasteiger partial charge in [0, 0.05) is 17.5 Å². The second kappa shape index (κ2) is 5.80. The number of nitro groups is 1. The van der Waals surface area contributed by atoms with Gasteiger partial charge in [-0.1, -0.05) is 0 Å². The third-order valence-electron chi connectivity index (χ3n) is 3.88. The molecule has 0 radical (unpaired) electrons. The van der Waals surface area contributed by atoms with E-state index in [1.165, 1.54) is 17.9 Å². The van der Waals surface area contributed by atoms with E-state index in [0.717, 1.165) is 5.39 Å². The van der Waals surface area contributed by atoms with E-state index in [4.69, 9.17) is 9.15 Å². The molecule has 0 aliphatic carbocycles. The molecule has 0 aliphatic rings. The van der Waals surface area contributed by atoms with Crippen LogP contribution in [0.4, 0.5) is 5.69 Å². The second-order valence-corrected chi connectivity index (χ2v) is 5.39. The van der Waals surface area contributed by atoms with Gasteiger partial charge >= 0.3 is 11.3 Å². The molecular weight excluding hydrogens is 314 g/mol. The minimum atomic E-state index is -0.498. The van der Waals surface area contributed by atoms with Crippen LogP contribution in [0.15, 0.2) is 33.5 Å². The van der Waals surface area contributed by atoms with Crippen molar-refractivity contribution in [2.24, 2.45) is 0 Å². The van der Waals surface area contributed by atoms with Gasteiger partial charge in [-0.2, -0.15) is 5.10 Å². The number of aryl methyl sites for hydroxylation is 1. The Bertz CT molecular complexity index is 1000. The smallest absolute Gasteiger partial charge is 0.336 e. The fraction of sp³-hybridized carbons (Fsp3) is 0.250. The Kier molecular flexibility index (Phi) is 3.80. The molecule has 0 saturated heterocycles. The van der Waals surface area contributed by atoms with Crippen molar-refractivity contribution in [1.29, 1.82) is 0 Å². The highest BCUT2D eigenvalue weighted by Gasteiger charge is 2.22. The third kappa shape index (κ3) is 2.62. The van der Waals surface area contributed by atoms with E-state index in [1.54, 1.807) is 32.0 Å². The zero-order valence-electron chi connectivity index (χ0n) is 13.4. The van der Waals surface area contributed by atoms with Gasteiger partial charge in [0.15, 0.2) is 0 Å². The van der Waals surface area contributed by atoms with Gasteiger partial charge in [0.2, 0.25) is 0 Å². The molecule has 8 heteroatoms. The number of fused-ring (bicyclic) bond motifs is 1. The van der Waals surface area contributed by atoms with Crippen molar-refractivity contribution in [3.05, 3.63) is 61.8 Å². The minimum absolute atomic E-state index is 0.0102. The van der Waals surface area contributed by atoms with Crippen LogP contribution in [0.3, 0.4) is 0 Å². The highest BCUT2D eigenvalue weighted by Crippen LogP contribution is 2.26. The fourth-order valence-electron chi connectivity index (χ4n) is 2.74. The maximum Gasteiger partial charge on any atom is 0.336 e. The molecular formula is C16H15N3O5. The number of hydrogen-bond donors (Lipinski definition) is 0. The molecule has 0 aliphatic heterocycles. The van der Waals surface area contributed by atoms with E-state index in [9.17, 15) is 14.9 Å². The standard InChI is InChI=1S/C16H15N3O5/c1-9-16(19(21)22)10(2)18(17-9)8-11-6-15(20)24-14-7-12(23-3)4-5-13(11)14/h4-7H,8H2,1-3H3. The van der Waals surface area contributed by atoms with Gasteiger partial charge in [-0.05, 0) is 31.5 Å². The van der Waals surface area contributed by atoms with Crippen LogP contribution in [0.25, 0.3) is 11.0 Å². The van der Waals surface area contributed by atoms with Gasteiger partial charge < -0.3 is 9.15 Å². The Labute approximate surface area is 136 Å². The molecule has 8 nitrogen and oxygen atoms in total. The first-order chi connectivity index (χ1) is 11.4. The molecule has 0 bridgehead atoms. The molecule has 0 saturated carbocycles. The van der Waals surface area contributed by atoms with Crippen LogP contribution >= 0.6 is 0 Å². The Morgan fingerprint density at radius 2 is 2.08 bits per heavy atom. The molecule has 0 amide bonds. The van der Waals surface area contributed by atoms with E-state index >= 15 is 0 Å². The van der Waals surface area contributed by atoms with Crippen LogP contribution in [-0.4, -0.2) is 21.8 Å². The van der Waals surface area contributed by atoms with Gasteiger partial charge in [-0.3, -0.25) is 14.8 Å². The highest BCUT2D eigenvalue weighted by molar-refractivity contribution is 5.81. The van der Waals surface area contributed by atoms with Crippen LogP contribution in [0.1, 0.15) is 17.0 Å². The maximum atomic E-state index is 11.8. The van der Waals surface area contributed by atoms with Gasteiger partial charge in [-0.25, -0.2) is 4.79 Å². The number of hydrogen-bond acceptors (Lipinski definition) is 6. The summed E-state index contributed by atoms with van der Waals surface area (Å²) < 4.78 is 11.9. The maximum absolute atomic E-state index is 11.8. The topological polar surface area (TPSA) is 100 Å². The first-order valence-electron chi connectivity index (χ1n) is 7.20. The molecule has 3 rings (SSSR count). The monoisotopic (exact) mass is 329 g/mol. The molecule has 1 aromatic carbocycles. The summed E-state index contributed by atoms with van der Waals surface area (Å²) >= 11 is 0. The third-order valence-corrected chi connectivity index (χ3v) is 3.88. The minimum Gasteiger partial charge on any atom is -0.497 e. The second-order valence-electron chi connectivity index (χ2n) is 5.39. The first kappa shape index (κ1) is 15.7. The Morgan fingerprint density at radius 1 is 1.33 bits per heavy atom. The Hall–Kier alpha value is -3.16. The molecule has 0 unspecified atom stereocenters. The van der Waals surface area contributed by atoms with Gasteiger partial charge in [0.25, 0.3) is 0 Å². The average molecular weight is 329 g/mol. The summed E-state index contributed by atoms with van der Waals surface area (Å²) in [5, 5.41) is 16.1. The number of benzene rings is 1. The first-order valence-corrected chi connectivity index (χ1v) is 7.20. The van der Waals surface area contributed by atoms with Crippen molar-refractivity contribution in [1.82, 2.24) is 9.78 Å². The summed E-state index contributed by atoms with van der Waals surface area (Å²) in [5.41, 5.74) is 1.34. The summed E-state index contributed by atoms with van der Waals surface area (Å²) in [6, 6.07) is 6.54. The van der Waals surface area contributed by atoms with Crippen LogP contribution in [0.5, 0.6) is 5.75 Å². The summed E-state index contributed by atoms with van der Waals surface area (Å²) in [5.74, 6) is 0.574. The molecule has 24 heavy (non-hydrogen) atoms. The quantitative estimate of drug-likeness (QED) is 0.414. The van der Waals surface area contributed by atoms with Crippen molar-refractivity contribution < 1.29 is 14.1 Å².